The molecule has 0 radical (unpaired) electrons. The SMILES string of the molecule is CCCCCCCCCCCCOc1cc2c3ccsc3c(OCCCCCCCCCCCC)cc2c2ccsc12. The topological polar surface area (TPSA) is 18.5 Å². The minimum atomic E-state index is 0.807. The molecule has 0 fully saturated rings. The fourth-order valence-corrected chi connectivity index (χ4v) is 7.93. The summed E-state index contributed by atoms with van der Waals surface area (Å²) in [6.07, 6.45) is 27.0. The van der Waals surface area contributed by atoms with E-state index in [0.29, 0.717) is 0 Å². The summed E-state index contributed by atoms with van der Waals surface area (Å²) in [5, 5.41) is 9.60. The fraction of sp³-hybridized carbons (Fsp3) is 0.632. The lowest BCUT2D eigenvalue weighted by Gasteiger charge is -2.13. The van der Waals surface area contributed by atoms with Crippen LogP contribution in [0, 0.1) is 0 Å². The number of benzene rings is 2. The van der Waals surface area contributed by atoms with Crippen LogP contribution in [0.5, 0.6) is 11.5 Å². The van der Waals surface area contributed by atoms with Gasteiger partial charge in [0, 0.05) is 10.8 Å². The van der Waals surface area contributed by atoms with Crippen LogP contribution in [0.4, 0.5) is 0 Å². The molecule has 0 saturated carbocycles. The number of hydrogen-bond donors (Lipinski definition) is 0. The molecule has 0 bridgehead atoms. The third-order valence-corrected chi connectivity index (χ3v) is 10.6. The molecule has 0 aliphatic heterocycles. The van der Waals surface area contributed by atoms with E-state index in [0.717, 1.165) is 37.6 Å². The molecule has 0 atom stereocenters. The molecule has 232 valence electrons. The van der Waals surface area contributed by atoms with Gasteiger partial charge in [-0.15, -0.1) is 22.7 Å². The lowest BCUT2D eigenvalue weighted by Crippen LogP contribution is -1.99. The number of fused-ring (bicyclic) bond motifs is 5. The van der Waals surface area contributed by atoms with E-state index in [1.807, 2.05) is 0 Å². The largest absolute Gasteiger partial charge is 0.492 e. The zero-order chi connectivity index (χ0) is 29.2. The highest BCUT2D eigenvalue weighted by Gasteiger charge is 2.15. The zero-order valence-corrected chi connectivity index (χ0v) is 28.3. The van der Waals surface area contributed by atoms with Crippen molar-refractivity contribution in [3.05, 3.63) is 35.0 Å². The number of ether oxygens (including phenoxy) is 2. The van der Waals surface area contributed by atoms with Gasteiger partial charge in [0.25, 0.3) is 0 Å². The summed E-state index contributed by atoms with van der Waals surface area (Å²) in [7, 11) is 0. The molecule has 2 heterocycles. The second-order valence-electron chi connectivity index (χ2n) is 12.2. The quantitative estimate of drug-likeness (QED) is 0.0737. The van der Waals surface area contributed by atoms with Crippen LogP contribution in [0.2, 0.25) is 0 Å². The molecule has 0 saturated heterocycles. The minimum absolute atomic E-state index is 0.807. The average Bonchev–Trinajstić information content (AvgIpc) is 3.70. The van der Waals surface area contributed by atoms with Crippen LogP contribution < -0.4 is 9.47 Å². The molecule has 0 N–H and O–H groups in total. The van der Waals surface area contributed by atoms with Gasteiger partial charge in [-0.1, -0.05) is 129 Å². The Labute approximate surface area is 264 Å². The summed E-state index contributed by atoms with van der Waals surface area (Å²) >= 11 is 3.60. The van der Waals surface area contributed by atoms with E-state index >= 15 is 0 Å². The van der Waals surface area contributed by atoms with Crippen molar-refractivity contribution < 1.29 is 9.47 Å². The Morgan fingerprint density at radius 2 is 0.762 bits per heavy atom. The lowest BCUT2D eigenvalue weighted by atomic mass is 10.0. The average molecular weight is 609 g/mol. The van der Waals surface area contributed by atoms with Gasteiger partial charge in [0.05, 0.1) is 22.6 Å². The number of hydrogen-bond acceptors (Lipinski definition) is 4. The maximum absolute atomic E-state index is 6.44. The van der Waals surface area contributed by atoms with Gasteiger partial charge in [0.2, 0.25) is 0 Å². The van der Waals surface area contributed by atoms with Crippen molar-refractivity contribution in [1.29, 1.82) is 0 Å². The molecule has 0 aliphatic carbocycles. The van der Waals surface area contributed by atoms with E-state index in [9.17, 15) is 0 Å². The minimum Gasteiger partial charge on any atom is -0.492 e. The van der Waals surface area contributed by atoms with E-state index < -0.39 is 0 Å². The van der Waals surface area contributed by atoms with Crippen LogP contribution in [0.15, 0.2) is 35.0 Å². The normalized spacial score (nSPS) is 11.8. The molecular formula is C38H56O2S2. The third-order valence-electron chi connectivity index (χ3n) is 8.71. The van der Waals surface area contributed by atoms with Gasteiger partial charge in [0.1, 0.15) is 11.5 Å². The first kappa shape index (κ1) is 33.1. The molecule has 2 aromatic heterocycles. The molecule has 0 aliphatic rings. The number of unbranched alkanes of at least 4 members (excludes halogenated alkanes) is 18. The summed E-state index contributed by atoms with van der Waals surface area (Å²) in [6, 6.07) is 9.12. The highest BCUT2D eigenvalue weighted by molar-refractivity contribution is 7.18. The van der Waals surface area contributed by atoms with Gasteiger partial charge in [-0.25, -0.2) is 0 Å². The Morgan fingerprint density at radius 3 is 1.12 bits per heavy atom. The first-order valence-electron chi connectivity index (χ1n) is 17.4. The van der Waals surface area contributed by atoms with Gasteiger partial charge in [-0.05, 0) is 58.6 Å². The van der Waals surface area contributed by atoms with E-state index in [2.05, 4.69) is 48.9 Å². The molecule has 4 rings (SSSR count). The molecular weight excluding hydrogens is 553 g/mol. The van der Waals surface area contributed by atoms with Crippen molar-refractivity contribution in [1.82, 2.24) is 0 Å². The number of thiophene rings is 2. The zero-order valence-electron chi connectivity index (χ0n) is 26.7. The van der Waals surface area contributed by atoms with Gasteiger partial charge >= 0.3 is 0 Å². The second-order valence-corrected chi connectivity index (χ2v) is 14.1. The Kier molecular flexibility index (Phi) is 15.4. The Balaban J connectivity index is 1.26. The van der Waals surface area contributed by atoms with Crippen molar-refractivity contribution in [3.63, 3.8) is 0 Å². The maximum Gasteiger partial charge on any atom is 0.137 e. The summed E-state index contributed by atoms with van der Waals surface area (Å²) in [4.78, 5) is 0. The van der Waals surface area contributed by atoms with E-state index in [1.165, 1.54) is 147 Å². The second kappa shape index (κ2) is 19.5. The van der Waals surface area contributed by atoms with Crippen LogP contribution in [-0.2, 0) is 0 Å². The lowest BCUT2D eigenvalue weighted by molar-refractivity contribution is 0.308. The Bertz CT molecular complexity index is 1190. The van der Waals surface area contributed by atoms with Crippen molar-refractivity contribution in [3.8, 4) is 11.5 Å². The highest BCUT2D eigenvalue weighted by atomic mass is 32.1. The van der Waals surface area contributed by atoms with Crippen LogP contribution in [0.3, 0.4) is 0 Å². The van der Waals surface area contributed by atoms with Crippen molar-refractivity contribution >= 4 is 53.6 Å². The monoisotopic (exact) mass is 608 g/mol. The fourth-order valence-electron chi connectivity index (χ4n) is 6.18. The van der Waals surface area contributed by atoms with Crippen LogP contribution >= 0.6 is 22.7 Å². The van der Waals surface area contributed by atoms with E-state index in [-0.39, 0.29) is 0 Å². The summed E-state index contributed by atoms with van der Waals surface area (Å²) in [5.41, 5.74) is 0. The third kappa shape index (κ3) is 10.2. The first-order valence-corrected chi connectivity index (χ1v) is 19.2. The van der Waals surface area contributed by atoms with Crippen molar-refractivity contribution in [2.75, 3.05) is 13.2 Å². The van der Waals surface area contributed by atoms with Crippen LogP contribution in [0.1, 0.15) is 142 Å². The molecule has 42 heavy (non-hydrogen) atoms. The van der Waals surface area contributed by atoms with Crippen molar-refractivity contribution in [2.45, 2.75) is 142 Å². The summed E-state index contributed by atoms with van der Waals surface area (Å²) in [5.74, 6) is 2.10. The Morgan fingerprint density at radius 1 is 0.429 bits per heavy atom. The molecule has 0 unspecified atom stereocenters. The summed E-state index contributed by atoms with van der Waals surface area (Å²) < 4.78 is 15.4. The van der Waals surface area contributed by atoms with E-state index in [1.54, 1.807) is 22.7 Å². The van der Waals surface area contributed by atoms with Gasteiger partial charge in [-0.2, -0.15) is 0 Å². The Hall–Kier alpha value is -1.78. The van der Waals surface area contributed by atoms with Crippen molar-refractivity contribution in [2.24, 2.45) is 0 Å². The van der Waals surface area contributed by atoms with Gasteiger partial charge in [-0.3, -0.25) is 0 Å². The molecule has 2 aromatic carbocycles. The molecule has 0 amide bonds. The standard InChI is InChI=1S/C38H56O2S2/c1-3-5-7-9-11-13-15-17-19-21-25-39-35-29-33-32-24-28-42-38(32)36(30-34(33)31-23-27-41-37(31)35)40-26-22-20-18-16-14-12-10-8-6-4-2/h23-24,27-30H,3-22,25-26H2,1-2H3. The maximum atomic E-state index is 6.44. The summed E-state index contributed by atoms with van der Waals surface area (Å²) in [6.45, 7) is 6.19. The molecule has 2 nitrogen and oxygen atoms in total. The van der Waals surface area contributed by atoms with Gasteiger partial charge < -0.3 is 9.47 Å². The van der Waals surface area contributed by atoms with Crippen LogP contribution in [-0.4, -0.2) is 13.2 Å². The molecule has 0 spiro atoms. The van der Waals surface area contributed by atoms with E-state index in [4.69, 9.17) is 9.47 Å². The number of rotatable bonds is 24. The van der Waals surface area contributed by atoms with Crippen LogP contribution in [0.25, 0.3) is 30.9 Å². The highest BCUT2D eigenvalue weighted by Crippen LogP contribution is 2.44. The smallest absolute Gasteiger partial charge is 0.137 e. The predicted molar refractivity (Wildman–Crippen MR) is 189 cm³/mol. The van der Waals surface area contributed by atoms with Gasteiger partial charge in [0.15, 0.2) is 0 Å². The first-order chi connectivity index (χ1) is 20.8. The molecule has 4 aromatic rings. The molecule has 4 heteroatoms. The predicted octanol–water partition coefficient (Wildman–Crippen LogP) is 13.9.